The third-order valence-electron chi connectivity index (χ3n) is 2.40. The standard InChI is InChI=1S/C12H11BrIN3O/c13-9-3-1-2-4-11(9)16-5-6-17-8-15-7-10(14)12(17)18/h1-4,7-8,16H,5-6H2. The normalized spacial score (nSPS) is 10.3. The lowest BCUT2D eigenvalue weighted by molar-refractivity contribution is 0.676. The lowest BCUT2D eigenvalue weighted by Crippen LogP contribution is -2.25. The SMILES string of the molecule is O=c1c(I)cncn1CCNc1ccccc1Br. The van der Waals surface area contributed by atoms with Crippen molar-refractivity contribution in [2.75, 3.05) is 11.9 Å². The van der Waals surface area contributed by atoms with Crippen LogP contribution in [0.4, 0.5) is 5.69 Å². The van der Waals surface area contributed by atoms with E-state index in [9.17, 15) is 4.79 Å². The average Bonchev–Trinajstić information content (AvgIpc) is 2.37. The zero-order chi connectivity index (χ0) is 13.0. The molecule has 94 valence electrons. The lowest BCUT2D eigenvalue weighted by Gasteiger charge is -2.09. The van der Waals surface area contributed by atoms with Gasteiger partial charge in [-0.2, -0.15) is 0 Å². The summed E-state index contributed by atoms with van der Waals surface area (Å²) in [5.74, 6) is 0. The van der Waals surface area contributed by atoms with Crippen LogP contribution in [0.5, 0.6) is 0 Å². The topological polar surface area (TPSA) is 46.9 Å². The molecule has 0 aliphatic rings. The van der Waals surface area contributed by atoms with Crippen LogP contribution in [0.3, 0.4) is 0 Å². The average molecular weight is 420 g/mol. The summed E-state index contributed by atoms with van der Waals surface area (Å²) in [7, 11) is 0. The van der Waals surface area contributed by atoms with Gasteiger partial charge in [0, 0.05) is 29.4 Å². The molecule has 2 rings (SSSR count). The maximum absolute atomic E-state index is 11.8. The molecule has 0 atom stereocenters. The molecule has 0 radical (unpaired) electrons. The van der Waals surface area contributed by atoms with Crippen LogP contribution in [0.15, 0.2) is 46.1 Å². The molecule has 0 spiro atoms. The van der Waals surface area contributed by atoms with Crippen molar-refractivity contribution >= 4 is 44.2 Å². The molecule has 1 aromatic heterocycles. The molecule has 1 aromatic carbocycles. The fraction of sp³-hybridized carbons (Fsp3) is 0.167. The summed E-state index contributed by atoms with van der Waals surface area (Å²) >= 11 is 5.46. The van der Waals surface area contributed by atoms with Crippen molar-refractivity contribution in [3.05, 3.63) is 55.2 Å². The Morgan fingerprint density at radius 3 is 2.94 bits per heavy atom. The second kappa shape index (κ2) is 6.33. The van der Waals surface area contributed by atoms with Crippen molar-refractivity contribution in [2.45, 2.75) is 6.54 Å². The molecule has 0 bridgehead atoms. The smallest absolute Gasteiger partial charge is 0.266 e. The number of hydrogen-bond acceptors (Lipinski definition) is 3. The second-order valence-electron chi connectivity index (χ2n) is 3.65. The summed E-state index contributed by atoms with van der Waals surface area (Å²) in [6.07, 6.45) is 3.13. The number of anilines is 1. The van der Waals surface area contributed by atoms with E-state index in [1.807, 2.05) is 46.9 Å². The highest BCUT2D eigenvalue weighted by Crippen LogP contribution is 2.20. The Kier molecular flexibility index (Phi) is 4.76. The van der Waals surface area contributed by atoms with Crippen molar-refractivity contribution in [1.29, 1.82) is 0 Å². The number of rotatable bonds is 4. The quantitative estimate of drug-likeness (QED) is 0.775. The molecule has 0 saturated carbocycles. The van der Waals surface area contributed by atoms with Gasteiger partial charge in [-0.05, 0) is 50.7 Å². The monoisotopic (exact) mass is 419 g/mol. The number of nitrogens with zero attached hydrogens (tertiary/aromatic N) is 2. The maximum Gasteiger partial charge on any atom is 0.266 e. The molecule has 0 unspecified atom stereocenters. The van der Waals surface area contributed by atoms with Crippen LogP contribution in [-0.4, -0.2) is 16.1 Å². The van der Waals surface area contributed by atoms with E-state index in [2.05, 4.69) is 26.2 Å². The predicted octanol–water partition coefficient (Wildman–Crippen LogP) is 2.72. The number of hydrogen-bond donors (Lipinski definition) is 1. The van der Waals surface area contributed by atoms with Crippen LogP contribution >= 0.6 is 38.5 Å². The first-order chi connectivity index (χ1) is 8.68. The molecule has 1 N–H and O–H groups in total. The van der Waals surface area contributed by atoms with Gasteiger partial charge in [-0.3, -0.25) is 9.36 Å². The Morgan fingerprint density at radius 1 is 1.39 bits per heavy atom. The first-order valence-electron chi connectivity index (χ1n) is 5.37. The van der Waals surface area contributed by atoms with E-state index in [1.54, 1.807) is 17.1 Å². The van der Waals surface area contributed by atoms with E-state index in [0.29, 0.717) is 16.7 Å². The summed E-state index contributed by atoms with van der Waals surface area (Å²) in [6.45, 7) is 1.26. The maximum atomic E-state index is 11.8. The zero-order valence-corrected chi connectivity index (χ0v) is 13.2. The van der Waals surface area contributed by atoms with E-state index < -0.39 is 0 Å². The van der Waals surface area contributed by atoms with Crippen LogP contribution in [-0.2, 0) is 6.54 Å². The van der Waals surface area contributed by atoms with Gasteiger partial charge in [0.15, 0.2) is 0 Å². The Bertz CT molecular complexity index is 600. The van der Waals surface area contributed by atoms with E-state index >= 15 is 0 Å². The zero-order valence-electron chi connectivity index (χ0n) is 9.44. The molecule has 0 aliphatic heterocycles. The van der Waals surface area contributed by atoms with Crippen LogP contribution in [0, 0.1) is 3.57 Å². The minimum atomic E-state index is -0.000438. The van der Waals surface area contributed by atoms with E-state index in [-0.39, 0.29) is 5.56 Å². The van der Waals surface area contributed by atoms with Crippen molar-refractivity contribution in [1.82, 2.24) is 9.55 Å². The number of halogens is 2. The van der Waals surface area contributed by atoms with E-state index in [0.717, 1.165) is 10.2 Å². The van der Waals surface area contributed by atoms with Crippen molar-refractivity contribution < 1.29 is 0 Å². The molecule has 0 saturated heterocycles. The molecule has 6 heteroatoms. The van der Waals surface area contributed by atoms with Crippen LogP contribution in [0.2, 0.25) is 0 Å². The number of aromatic nitrogens is 2. The number of benzene rings is 1. The summed E-state index contributed by atoms with van der Waals surface area (Å²) in [5.41, 5.74) is 1.02. The van der Waals surface area contributed by atoms with Crippen molar-refractivity contribution in [2.24, 2.45) is 0 Å². The van der Waals surface area contributed by atoms with Gasteiger partial charge in [0.2, 0.25) is 0 Å². The van der Waals surface area contributed by atoms with Gasteiger partial charge in [0.25, 0.3) is 5.56 Å². The molecule has 1 heterocycles. The fourth-order valence-electron chi connectivity index (χ4n) is 1.50. The number of nitrogens with one attached hydrogen (secondary N) is 1. The van der Waals surface area contributed by atoms with Gasteiger partial charge in [-0.25, -0.2) is 4.98 Å². The van der Waals surface area contributed by atoms with Gasteiger partial charge in [0.1, 0.15) is 0 Å². The van der Waals surface area contributed by atoms with E-state index in [4.69, 9.17) is 0 Å². The third-order valence-corrected chi connectivity index (χ3v) is 3.83. The lowest BCUT2D eigenvalue weighted by atomic mass is 10.3. The van der Waals surface area contributed by atoms with Crippen molar-refractivity contribution in [3.63, 3.8) is 0 Å². The van der Waals surface area contributed by atoms with E-state index in [1.165, 1.54) is 0 Å². The number of para-hydroxylation sites is 1. The fourth-order valence-corrected chi connectivity index (χ4v) is 2.39. The van der Waals surface area contributed by atoms with Crippen molar-refractivity contribution in [3.8, 4) is 0 Å². The van der Waals surface area contributed by atoms with Gasteiger partial charge >= 0.3 is 0 Å². The highest BCUT2D eigenvalue weighted by Gasteiger charge is 2.01. The van der Waals surface area contributed by atoms with Crippen LogP contribution < -0.4 is 10.9 Å². The molecule has 0 aliphatic carbocycles. The summed E-state index contributed by atoms with van der Waals surface area (Å²) in [6, 6.07) is 7.89. The Labute approximate surface area is 127 Å². The Hall–Kier alpha value is -0.890. The van der Waals surface area contributed by atoms with Gasteiger partial charge < -0.3 is 5.32 Å². The minimum absolute atomic E-state index is 0.000438. The molecule has 2 aromatic rings. The van der Waals surface area contributed by atoms with Crippen LogP contribution in [0.25, 0.3) is 0 Å². The molecule has 0 amide bonds. The first kappa shape index (κ1) is 13.5. The Morgan fingerprint density at radius 2 is 2.17 bits per heavy atom. The molecular weight excluding hydrogens is 409 g/mol. The first-order valence-corrected chi connectivity index (χ1v) is 7.24. The largest absolute Gasteiger partial charge is 0.382 e. The molecular formula is C12H11BrIN3O. The Balaban J connectivity index is 1.99. The highest BCUT2D eigenvalue weighted by atomic mass is 127. The van der Waals surface area contributed by atoms with Crippen LogP contribution in [0.1, 0.15) is 0 Å². The molecule has 18 heavy (non-hydrogen) atoms. The van der Waals surface area contributed by atoms with Gasteiger partial charge in [0.05, 0.1) is 9.90 Å². The highest BCUT2D eigenvalue weighted by molar-refractivity contribution is 14.1. The minimum Gasteiger partial charge on any atom is -0.382 e. The third kappa shape index (κ3) is 3.32. The summed E-state index contributed by atoms with van der Waals surface area (Å²) in [5, 5.41) is 3.27. The molecule has 4 nitrogen and oxygen atoms in total. The summed E-state index contributed by atoms with van der Waals surface area (Å²) < 4.78 is 3.25. The summed E-state index contributed by atoms with van der Waals surface area (Å²) in [4.78, 5) is 15.8. The molecule has 0 fully saturated rings. The second-order valence-corrected chi connectivity index (χ2v) is 5.66. The van der Waals surface area contributed by atoms with Gasteiger partial charge in [-0.15, -0.1) is 0 Å². The van der Waals surface area contributed by atoms with Gasteiger partial charge in [-0.1, -0.05) is 12.1 Å². The predicted molar refractivity (Wildman–Crippen MR) is 83.8 cm³/mol.